The van der Waals surface area contributed by atoms with Crippen molar-refractivity contribution in [1.29, 1.82) is 0 Å². The smallest absolute Gasteiger partial charge is 0.249 e. The topological polar surface area (TPSA) is 54.7 Å². The highest BCUT2D eigenvalue weighted by Gasteiger charge is 2.41. The van der Waals surface area contributed by atoms with E-state index in [1.165, 1.54) is 0 Å². The van der Waals surface area contributed by atoms with E-state index in [2.05, 4.69) is 10.2 Å². The number of rotatable bonds is 4. The zero-order chi connectivity index (χ0) is 14.8. The van der Waals surface area contributed by atoms with Gasteiger partial charge < -0.3 is 14.5 Å². The molecular weight excluding hydrogens is 268 g/mol. The molecule has 1 N–H and O–H groups in total. The predicted molar refractivity (Wildman–Crippen MR) is 78.6 cm³/mol. The molecule has 0 saturated carbocycles. The van der Waals surface area contributed by atoms with Gasteiger partial charge in [-0.1, -0.05) is 0 Å². The van der Waals surface area contributed by atoms with Crippen molar-refractivity contribution in [2.75, 3.05) is 13.1 Å². The van der Waals surface area contributed by atoms with Crippen molar-refractivity contribution in [1.82, 2.24) is 10.2 Å². The van der Waals surface area contributed by atoms with Crippen LogP contribution in [0.15, 0.2) is 22.8 Å². The van der Waals surface area contributed by atoms with Crippen molar-refractivity contribution >= 4 is 5.91 Å². The number of amides is 1. The summed E-state index contributed by atoms with van der Waals surface area (Å²) >= 11 is 0. The maximum Gasteiger partial charge on any atom is 0.249 e. The Labute approximate surface area is 125 Å². The van der Waals surface area contributed by atoms with Crippen molar-refractivity contribution in [3.05, 3.63) is 24.2 Å². The highest BCUT2D eigenvalue weighted by atomic mass is 16.5. The molecule has 3 heterocycles. The third-order valence-electron chi connectivity index (χ3n) is 4.32. The molecule has 2 aliphatic rings. The van der Waals surface area contributed by atoms with Crippen molar-refractivity contribution in [3.8, 4) is 0 Å². The molecule has 116 valence electrons. The normalized spacial score (nSPS) is 29.6. The van der Waals surface area contributed by atoms with E-state index >= 15 is 0 Å². The average Bonchev–Trinajstić information content (AvgIpc) is 3.06. The summed E-state index contributed by atoms with van der Waals surface area (Å²) in [7, 11) is 0. The maximum atomic E-state index is 12.1. The Bertz CT molecular complexity index is 472. The lowest BCUT2D eigenvalue weighted by atomic mass is 9.91. The monoisotopic (exact) mass is 292 g/mol. The fourth-order valence-electron chi connectivity index (χ4n) is 3.31. The number of nitrogens with one attached hydrogen (secondary N) is 1. The van der Waals surface area contributed by atoms with Gasteiger partial charge in [0, 0.05) is 12.6 Å². The van der Waals surface area contributed by atoms with Crippen LogP contribution < -0.4 is 5.32 Å². The minimum Gasteiger partial charge on any atom is -0.468 e. The second-order valence-corrected chi connectivity index (χ2v) is 6.43. The molecule has 1 amide bonds. The van der Waals surface area contributed by atoms with Crippen LogP contribution in [0.25, 0.3) is 0 Å². The average molecular weight is 292 g/mol. The zero-order valence-corrected chi connectivity index (χ0v) is 12.7. The SMILES string of the molecule is CC(C)NC(=O)[C@@H]1C[C@@H]2CCN(Cc3ccco3)C[C@H]2O1. The summed E-state index contributed by atoms with van der Waals surface area (Å²) in [6.07, 6.45) is 3.57. The van der Waals surface area contributed by atoms with Crippen molar-refractivity contribution in [3.63, 3.8) is 0 Å². The van der Waals surface area contributed by atoms with Crippen LogP contribution >= 0.6 is 0 Å². The van der Waals surface area contributed by atoms with Gasteiger partial charge in [0.05, 0.1) is 18.9 Å². The summed E-state index contributed by atoms with van der Waals surface area (Å²) in [6.45, 7) is 6.71. The molecule has 5 heteroatoms. The van der Waals surface area contributed by atoms with Crippen molar-refractivity contribution in [2.45, 2.75) is 51.5 Å². The van der Waals surface area contributed by atoms with E-state index in [9.17, 15) is 4.79 Å². The quantitative estimate of drug-likeness (QED) is 0.919. The number of carbonyl (C=O) groups excluding carboxylic acids is 1. The van der Waals surface area contributed by atoms with Crippen LogP contribution in [0.1, 0.15) is 32.4 Å². The van der Waals surface area contributed by atoms with Gasteiger partial charge in [-0.3, -0.25) is 9.69 Å². The number of nitrogens with zero attached hydrogens (tertiary/aromatic N) is 1. The summed E-state index contributed by atoms with van der Waals surface area (Å²) in [4.78, 5) is 14.4. The van der Waals surface area contributed by atoms with Gasteiger partial charge in [0.15, 0.2) is 0 Å². The number of fused-ring (bicyclic) bond motifs is 1. The maximum absolute atomic E-state index is 12.1. The van der Waals surface area contributed by atoms with E-state index in [4.69, 9.17) is 9.15 Å². The van der Waals surface area contributed by atoms with Crippen LogP contribution in [0.3, 0.4) is 0 Å². The van der Waals surface area contributed by atoms with E-state index < -0.39 is 0 Å². The highest BCUT2D eigenvalue weighted by Crippen LogP contribution is 2.33. The number of carbonyl (C=O) groups is 1. The lowest BCUT2D eigenvalue weighted by Crippen LogP contribution is -2.42. The van der Waals surface area contributed by atoms with E-state index in [1.807, 2.05) is 26.0 Å². The molecular formula is C16H24N2O3. The molecule has 0 unspecified atom stereocenters. The lowest BCUT2D eigenvalue weighted by molar-refractivity contribution is -0.133. The molecule has 21 heavy (non-hydrogen) atoms. The van der Waals surface area contributed by atoms with Crippen LogP contribution in [0.4, 0.5) is 0 Å². The molecule has 0 radical (unpaired) electrons. The van der Waals surface area contributed by atoms with Gasteiger partial charge in [-0.05, 0) is 51.3 Å². The lowest BCUT2D eigenvalue weighted by Gasteiger charge is -2.33. The molecule has 3 rings (SSSR count). The number of hydrogen-bond donors (Lipinski definition) is 1. The molecule has 1 aromatic heterocycles. The molecule has 3 atom stereocenters. The van der Waals surface area contributed by atoms with Crippen LogP contribution in [0.2, 0.25) is 0 Å². The van der Waals surface area contributed by atoms with E-state index in [-0.39, 0.29) is 24.2 Å². The molecule has 2 fully saturated rings. The number of hydrogen-bond acceptors (Lipinski definition) is 4. The first-order valence-electron chi connectivity index (χ1n) is 7.82. The second-order valence-electron chi connectivity index (χ2n) is 6.43. The molecule has 0 spiro atoms. The van der Waals surface area contributed by atoms with E-state index in [1.54, 1.807) is 6.26 Å². The van der Waals surface area contributed by atoms with Crippen LogP contribution in [-0.4, -0.2) is 42.1 Å². The fraction of sp³-hybridized carbons (Fsp3) is 0.688. The Morgan fingerprint density at radius 3 is 3.10 bits per heavy atom. The van der Waals surface area contributed by atoms with Gasteiger partial charge in [0.25, 0.3) is 0 Å². The van der Waals surface area contributed by atoms with Crippen molar-refractivity contribution in [2.24, 2.45) is 5.92 Å². The van der Waals surface area contributed by atoms with Gasteiger partial charge in [-0.15, -0.1) is 0 Å². The number of likely N-dealkylation sites (tertiary alicyclic amines) is 1. The summed E-state index contributed by atoms with van der Waals surface area (Å²) < 4.78 is 11.4. The minimum absolute atomic E-state index is 0.0389. The third-order valence-corrected chi connectivity index (χ3v) is 4.32. The van der Waals surface area contributed by atoms with Gasteiger partial charge >= 0.3 is 0 Å². The summed E-state index contributed by atoms with van der Waals surface area (Å²) in [5, 5.41) is 2.95. The first-order valence-corrected chi connectivity index (χ1v) is 7.82. The van der Waals surface area contributed by atoms with Gasteiger partial charge in [-0.25, -0.2) is 0 Å². The number of furan rings is 1. The Hall–Kier alpha value is -1.33. The Morgan fingerprint density at radius 2 is 2.38 bits per heavy atom. The molecule has 0 aliphatic carbocycles. The minimum atomic E-state index is -0.272. The van der Waals surface area contributed by atoms with E-state index in [0.29, 0.717) is 5.92 Å². The summed E-state index contributed by atoms with van der Waals surface area (Å²) in [5.74, 6) is 1.54. The van der Waals surface area contributed by atoms with Gasteiger partial charge in [-0.2, -0.15) is 0 Å². The first-order chi connectivity index (χ1) is 10.1. The van der Waals surface area contributed by atoms with Gasteiger partial charge in [0.1, 0.15) is 11.9 Å². The number of ether oxygens (including phenoxy) is 1. The molecule has 0 bridgehead atoms. The molecule has 1 aromatic rings. The Balaban J connectivity index is 1.53. The molecule has 2 aliphatic heterocycles. The molecule has 2 saturated heterocycles. The summed E-state index contributed by atoms with van der Waals surface area (Å²) in [6, 6.07) is 4.08. The fourth-order valence-corrected chi connectivity index (χ4v) is 3.31. The van der Waals surface area contributed by atoms with Gasteiger partial charge in [0.2, 0.25) is 5.91 Å². The first kappa shape index (κ1) is 14.6. The zero-order valence-electron chi connectivity index (χ0n) is 12.7. The van der Waals surface area contributed by atoms with Crippen LogP contribution in [0, 0.1) is 5.92 Å². The third kappa shape index (κ3) is 3.47. The summed E-state index contributed by atoms with van der Waals surface area (Å²) in [5.41, 5.74) is 0. The molecule has 0 aromatic carbocycles. The Kier molecular flexibility index (Phi) is 4.31. The number of piperidine rings is 1. The van der Waals surface area contributed by atoms with Crippen LogP contribution in [-0.2, 0) is 16.1 Å². The second kappa shape index (κ2) is 6.20. The predicted octanol–water partition coefficient (Wildman–Crippen LogP) is 1.78. The van der Waals surface area contributed by atoms with Crippen LogP contribution in [0.5, 0.6) is 0 Å². The standard InChI is InChI=1S/C16H24N2O3/c1-11(2)17-16(19)14-8-12-5-6-18(10-15(12)21-14)9-13-4-3-7-20-13/h3-4,7,11-12,14-15H,5-6,8-10H2,1-2H3,(H,17,19)/t12-,14-,15+/m0/s1. The Morgan fingerprint density at radius 1 is 1.52 bits per heavy atom. The largest absolute Gasteiger partial charge is 0.468 e. The molecule has 5 nitrogen and oxygen atoms in total. The van der Waals surface area contributed by atoms with E-state index in [0.717, 1.165) is 38.2 Å². The highest BCUT2D eigenvalue weighted by molar-refractivity contribution is 5.81. The van der Waals surface area contributed by atoms with Crippen molar-refractivity contribution < 1.29 is 13.9 Å².